The number of aromatic nitrogens is 2. The molecule has 2 aliphatic rings. The third kappa shape index (κ3) is 2.77. The lowest BCUT2D eigenvalue weighted by molar-refractivity contribution is 0.231. The van der Waals surface area contributed by atoms with Gasteiger partial charge >= 0.3 is 0 Å². The summed E-state index contributed by atoms with van der Waals surface area (Å²) >= 11 is 0. The fraction of sp³-hybridized carbons (Fsp3) is 0.444. The normalized spacial score (nSPS) is 21.4. The summed E-state index contributed by atoms with van der Waals surface area (Å²) in [6.07, 6.45) is 2.67. The Hall–Kier alpha value is -2.14. The van der Waals surface area contributed by atoms with Gasteiger partial charge in [0.25, 0.3) is 5.56 Å². The highest BCUT2D eigenvalue weighted by Gasteiger charge is 2.30. The van der Waals surface area contributed by atoms with Crippen LogP contribution in [0.2, 0.25) is 0 Å². The molecule has 2 saturated heterocycles. The second-order valence-electron chi connectivity index (χ2n) is 6.51. The number of aryl methyl sites for hydroxylation is 1. The number of hydrogen-bond acceptors (Lipinski definition) is 4. The monoisotopic (exact) mass is 310 g/mol. The van der Waals surface area contributed by atoms with Gasteiger partial charge in [0.2, 0.25) is 0 Å². The number of piperazine rings is 1. The molecule has 0 saturated carbocycles. The average molecular weight is 310 g/mol. The van der Waals surface area contributed by atoms with E-state index in [4.69, 9.17) is 0 Å². The maximum absolute atomic E-state index is 11.4. The van der Waals surface area contributed by atoms with Gasteiger partial charge in [-0.15, -0.1) is 0 Å². The van der Waals surface area contributed by atoms with E-state index in [1.54, 1.807) is 19.2 Å². The van der Waals surface area contributed by atoms with Gasteiger partial charge in [-0.2, -0.15) is 5.10 Å². The molecule has 23 heavy (non-hydrogen) atoms. The van der Waals surface area contributed by atoms with E-state index in [9.17, 15) is 4.79 Å². The van der Waals surface area contributed by atoms with Gasteiger partial charge < -0.3 is 4.90 Å². The number of rotatable bonds is 2. The SMILES string of the molecule is Cn1nc(-c2ccc(N3CCN4CCC[C@H]4C3)cc2)ccc1=O. The van der Waals surface area contributed by atoms with Gasteiger partial charge in [-0.05, 0) is 37.6 Å². The number of benzene rings is 1. The highest BCUT2D eigenvalue weighted by Crippen LogP contribution is 2.27. The first-order valence-corrected chi connectivity index (χ1v) is 8.34. The minimum Gasteiger partial charge on any atom is -0.369 e. The Kier molecular flexibility index (Phi) is 3.65. The third-order valence-corrected chi connectivity index (χ3v) is 5.08. The maximum atomic E-state index is 11.4. The average Bonchev–Trinajstić information content (AvgIpc) is 3.05. The van der Waals surface area contributed by atoms with Gasteiger partial charge in [0.15, 0.2) is 0 Å². The van der Waals surface area contributed by atoms with Crippen molar-refractivity contribution in [3.05, 3.63) is 46.8 Å². The van der Waals surface area contributed by atoms with Gasteiger partial charge in [0.1, 0.15) is 0 Å². The summed E-state index contributed by atoms with van der Waals surface area (Å²) in [7, 11) is 1.68. The van der Waals surface area contributed by atoms with Crippen LogP contribution in [0.5, 0.6) is 0 Å². The highest BCUT2D eigenvalue weighted by molar-refractivity contribution is 5.62. The Morgan fingerprint density at radius 3 is 2.65 bits per heavy atom. The number of fused-ring (bicyclic) bond motifs is 1. The van der Waals surface area contributed by atoms with Crippen LogP contribution >= 0.6 is 0 Å². The van der Waals surface area contributed by atoms with Crippen LogP contribution in [0.25, 0.3) is 11.3 Å². The second-order valence-corrected chi connectivity index (χ2v) is 6.51. The third-order valence-electron chi connectivity index (χ3n) is 5.08. The smallest absolute Gasteiger partial charge is 0.266 e. The molecule has 0 bridgehead atoms. The molecule has 1 aromatic heterocycles. The Balaban J connectivity index is 1.53. The van der Waals surface area contributed by atoms with Crippen molar-refractivity contribution in [2.75, 3.05) is 31.1 Å². The van der Waals surface area contributed by atoms with Crippen molar-refractivity contribution in [3.8, 4) is 11.3 Å². The standard InChI is InChI=1S/C18H22N4O/c1-20-18(23)9-8-17(19-20)14-4-6-15(7-5-14)22-12-11-21-10-2-3-16(21)13-22/h4-9,16H,2-3,10-13H2,1H3/t16-/m0/s1. The first-order valence-electron chi connectivity index (χ1n) is 8.34. The predicted octanol–water partition coefficient (Wildman–Crippen LogP) is 1.73. The molecule has 0 N–H and O–H groups in total. The van der Waals surface area contributed by atoms with Crippen molar-refractivity contribution in [1.29, 1.82) is 0 Å². The van der Waals surface area contributed by atoms with E-state index < -0.39 is 0 Å². The molecule has 3 heterocycles. The fourth-order valence-electron chi connectivity index (χ4n) is 3.72. The van der Waals surface area contributed by atoms with Crippen molar-refractivity contribution >= 4 is 5.69 Å². The molecule has 5 heteroatoms. The molecule has 0 unspecified atom stereocenters. The van der Waals surface area contributed by atoms with Crippen molar-refractivity contribution < 1.29 is 0 Å². The molecule has 4 rings (SSSR count). The lowest BCUT2D eigenvalue weighted by atomic mass is 10.1. The number of anilines is 1. The zero-order chi connectivity index (χ0) is 15.8. The Morgan fingerprint density at radius 1 is 1.04 bits per heavy atom. The summed E-state index contributed by atoms with van der Waals surface area (Å²) in [5.41, 5.74) is 3.08. The molecule has 120 valence electrons. The Morgan fingerprint density at radius 2 is 1.87 bits per heavy atom. The van der Waals surface area contributed by atoms with Crippen LogP contribution in [0.3, 0.4) is 0 Å². The van der Waals surface area contributed by atoms with Crippen LogP contribution in [0.4, 0.5) is 5.69 Å². The molecule has 0 amide bonds. The van der Waals surface area contributed by atoms with Gasteiger partial charge in [-0.1, -0.05) is 12.1 Å². The molecular weight excluding hydrogens is 288 g/mol. The van der Waals surface area contributed by atoms with Crippen LogP contribution in [0.15, 0.2) is 41.2 Å². The van der Waals surface area contributed by atoms with Crippen LogP contribution in [0, 0.1) is 0 Å². The summed E-state index contributed by atoms with van der Waals surface area (Å²) in [5.74, 6) is 0. The van der Waals surface area contributed by atoms with E-state index in [0.29, 0.717) is 0 Å². The summed E-state index contributed by atoms with van der Waals surface area (Å²) in [6, 6.07) is 12.6. The molecule has 2 aromatic rings. The predicted molar refractivity (Wildman–Crippen MR) is 91.7 cm³/mol. The molecule has 2 aliphatic heterocycles. The van der Waals surface area contributed by atoms with E-state index in [0.717, 1.165) is 30.4 Å². The van der Waals surface area contributed by atoms with Crippen molar-refractivity contribution in [3.63, 3.8) is 0 Å². The van der Waals surface area contributed by atoms with Crippen molar-refractivity contribution in [2.45, 2.75) is 18.9 Å². The number of hydrogen-bond donors (Lipinski definition) is 0. The largest absolute Gasteiger partial charge is 0.369 e. The zero-order valence-electron chi connectivity index (χ0n) is 13.5. The van der Waals surface area contributed by atoms with Crippen LogP contribution in [0.1, 0.15) is 12.8 Å². The van der Waals surface area contributed by atoms with Crippen molar-refractivity contribution in [1.82, 2.24) is 14.7 Å². The first-order chi connectivity index (χ1) is 11.2. The van der Waals surface area contributed by atoms with E-state index >= 15 is 0 Å². The number of nitrogens with zero attached hydrogens (tertiary/aromatic N) is 4. The zero-order valence-corrected chi connectivity index (χ0v) is 13.5. The minimum absolute atomic E-state index is 0.0835. The molecule has 0 aliphatic carbocycles. The van der Waals surface area contributed by atoms with E-state index in [1.165, 1.54) is 36.3 Å². The Labute approximate surface area is 136 Å². The summed E-state index contributed by atoms with van der Waals surface area (Å²) < 4.78 is 1.38. The van der Waals surface area contributed by atoms with Crippen LogP contribution in [-0.2, 0) is 7.05 Å². The van der Waals surface area contributed by atoms with Gasteiger partial charge in [-0.3, -0.25) is 9.69 Å². The molecule has 1 aromatic carbocycles. The van der Waals surface area contributed by atoms with E-state index in [-0.39, 0.29) is 5.56 Å². The second kappa shape index (κ2) is 5.81. The van der Waals surface area contributed by atoms with Gasteiger partial charge in [0, 0.05) is 50.0 Å². The fourth-order valence-corrected chi connectivity index (χ4v) is 3.72. The summed E-state index contributed by atoms with van der Waals surface area (Å²) in [4.78, 5) is 16.6. The van der Waals surface area contributed by atoms with Crippen molar-refractivity contribution in [2.24, 2.45) is 7.05 Å². The van der Waals surface area contributed by atoms with Crippen LogP contribution in [-0.4, -0.2) is 46.9 Å². The van der Waals surface area contributed by atoms with Gasteiger partial charge in [-0.25, -0.2) is 4.68 Å². The quantitative estimate of drug-likeness (QED) is 0.847. The van der Waals surface area contributed by atoms with E-state index in [2.05, 4.69) is 39.2 Å². The maximum Gasteiger partial charge on any atom is 0.266 e. The molecular formula is C18H22N4O. The first kappa shape index (κ1) is 14.5. The lowest BCUT2D eigenvalue weighted by Crippen LogP contribution is -2.50. The summed E-state index contributed by atoms with van der Waals surface area (Å²) in [5, 5.41) is 4.31. The lowest BCUT2D eigenvalue weighted by Gasteiger charge is -2.38. The Bertz CT molecular complexity index is 752. The molecule has 2 fully saturated rings. The molecule has 5 nitrogen and oxygen atoms in total. The molecule has 0 radical (unpaired) electrons. The topological polar surface area (TPSA) is 41.4 Å². The highest BCUT2D eigenvalue weighted by atomic mass is 16.1. The van der Waals surface area contributed by atoms with E-state index in [1.807, 2.05) is 0 Å². The van der Waals surface area contributed by atoms with Gasteiger partial charge in [0.05, 0.1) is 5.69 Å². The minimum atomic E-state index is -0.0835. The summed E-state index contributed by atoms with van der Waals surface area (Å²) in [6.45, 7) is 4.69. The molecule has 1 atom stereocenters. The molecule has 0 spiro atoms. The van der Waals surface area contributed by atoms with Crippen LogP contribution < -0.4 is 10.5 Å².